The largest absolute Gasteiger partial charge is 0.369 e. The second-order valence-electron chi connectivity index (χ2n) is 6.49. The fourth-order valence-electron chi connectivity index (χ4n) is 3.41. The topological polar surface area (TPSA) is 81.2 Å². The maximum atomic E-state index is 13.8. The van der Waals surface area contributed by atoms with Gasteiger partial charge in [-0.3, -0.25) is 14.3 Å². The quantitative estimate of drug-likeness (QED) is 0.903. The molecule has 0 saturated carbocycles. The normalized spacial score (nSPS) is 20.0. The molecule has 1 aliphatic rings. The number of nitrogens with zero attached hydrogens (tertiary/aromatic N) is 3. The third kappa shape index (κ3) is 3.26. The average molecular weight is 344 g/mol. The van der Waals surface area contributed by atoms with Gasteiger partial charge < -0.3 is 10.6 Å². The van der Waals surface area contributed by atoms with Crippen molar-refractivity contribution in [3.63, 3.8) is 0 Å². The fraction of sp³-hybridized carbons (Fsp3) is 0.389. The van der Waals surface area contributed by atoms with Gasteiger partial charge in [-0.15, -0.1) is 0 Å². The number of rotatable bonds is 4. The number of aromatic nitrogens is 2. The summed E-state index contributed by atoms with van der Waals surface area (Å²) in [4.78, 5) is 26.1. The second-order valence-corrected chi connectivity index (χ2v) is 6.49. The Morgan fingerprint density at radius 2 is 2.04 bits per heavy atom. The molecule has 7 heteroatoms. The number of primary amides is 1. The maximum absolute atomic E-state index is 13.8. The zero-order valence-electron chi connectivity index (χ0n) is 14.3. The molecule has 1 aromatic heterocycles. The minimum Gasteiger partial charge on any atom is -0.369 e. The van der Waals surface area contributed by atoms with Crippen LogP contribution in [-0.4, -0.2) is 39.6 Å². The average Bonchev–Trinajstić information content (AvgIpc) is 3.14. The Kier molecular flexibility index (Phi) is 4.57. The number of carbonyl (C=O) groups is 2. The number of benzene rings is 1. The number of carbonyl (C=O) groups excluding carboxylic acids is 2. The third-order valence-corrected chi connectivity index (χ3v) is 5.01. The standard InChI is InChI=1S/C18H21FN4O2/c1-11-13(8-21-22(11)2)14-9-23(10-15(14)18(20)25)17(24)7-12-5-3-4-6-16(12)19/h3-6,8,14-15H,7,9-10H2,1-2H3,(H2,20,25)/t14-,15+/m1/s1. The van der Waals surface area contributed by atoms with Crippen LogP contribution in [0.25, 0.3) is 0 Å². The van der Waals surface area contributed by atoms with E-state index in [1.807, 2.05) is 14.0 Å². The van der Waals surface area contributed by atoms with Crippen molar-refractivity contribution in [2.75, 3.05) is 13.1 Å². The van der Waals surface area contributed by atoms with Crippen LogP contribution in [0, 0.1) is 18.7 Å². The Morgan fingerprint density at radius 3 is 2.64 bits per heavy atom. The van der Waals surface area contributed by atoms with Crippen LogP contribution in [0.5, 0.6) is 0 Å². The first-order valence-corrected chi connectivity index (χ1v) is 8.17. The number of likely N-dealkylation sites (tertiary alicyclic amines) is 1. The van der Waals surface area contributed by atoms with Crippen molar-refractivity contribution in [2.24, 2.45) is 18.7 Å². The lowest BCUT2D eigenvalue weighted by molar-refractivity contribution is -0.129. The molecule has 0 radical (unpaired) electrons. The van der Waals surface area contributed by atoms with Gasteiger partial charge in [0.1, 0.15) is 5.82 Å². The lowest BCUT2D eigenvalue weighted by atomic mass is 9.89. The smallest absolute Gasteiger partial charge is 0.227 e. The highest BCUT2D eigenvalue weighted by Crippen LogP contribution is 2.34. The highest BCUT2D eigenvalue weighted by Gasteiger charge is 2.40. The lowest BCUT2D eigenvalue weighted by Crippen LogP contribution is -2.33. The first-order chi connectivity index (χ1) is 11.9. The van der Waals surface area contributed by atoms with Crippen LogP contribution in [0.3, 0.4) is 0 Å². The zero-order chi connectivity index (χ0) is 18.1. The summed E-state index contributed by atoms with van der Waals surface area (Å²) < 4.78 is 15.5. The molecule has 0 aliphatic carbocycles. The number of nitrogens with two attached hydrogens (primary N) is 1. The summed E-state index contributed by atoms with van der Waals surface area (Å²) in [6, 6.07) is 6.21. The van der Waals surface area contributed by atoms with E-state index < -0.39 is 17.6 Å². The predicted octanol–water partition coefficient (Wildman–Crippen LogP) is 1.14. The monoisotopic (exact) mass is 344 g/mol. The van der Waals surface area contributed by atoms with Gasteiger partial charge in [-0.1, -0.05) is 18.2 Å². The van der Waals surface area contributed by atoms with E-state index in [9.17, 15) is 14.0 Å². The molecular weight excluding hydrogens is 323 g/mol. The van der Waals surface area contributed by atoms with Crippen LogP contribution in [-0.2, 0) is 23.1 Å². The molecule has 2 aromatic rings. The number of aryl methyl sites for hydroxylation is 1. The summed E-state index contributed by atoms with van der Waals surface area (Å²) in [5, 5.41) is 4.22. The summed E-state index contributed by atoms with van der Waals surface area (Å²) in [6.07, 6.45) is 1.69. The van der Waals surface area contributed by atoms with Crippen LogP contribution in [0.4, 0.5) is 4.39 Å². The van der Waals surface area contributed by atoms with Crippen LogP contribution in [0.2, 0.25) is 0 Å². The summed E-state index contributed by atoms with van der Waals surface area (Å²) in [5.41, 5.74) is 7.78. The molecular formula is C18H21FN4O2. The predicted molar refractivity (Wildman–Crippen MR) is 90.1 cm³/mol. The minimum atomic E-state index is -0.465. The Hall–Kier alpha value is -2.70. The van der Waals surface area contributed by atoms with Crippen molar-refractivity contribution < 1.29 is 14.0 Å². The Morgan fingerprint density at radius 1 is 1.32 bits per heavy atom. The maximum Gasteiger partial charge on any atom is 0.227 e. The molecule has 0 unspecified atom stereocenters. The van der Waals surface area contributed by atoms with E-state index in [1.165, 1.54) is 6.07 Å². The molecule has 25 heavy (non-hydrogen) atoms. The lowest BCUT2D eigenvalue weighted by Gasteiger charge is -2.16. The fourth-order valence-corrected chi connectivity index (χ4v) is 3.41. The van der Waals surface area contributed by atoms with Crippen LogP contribution >= 0.6 is 0 Å². The molecule has 132 valence electrons. The second kappa shape index (κ2) is 6.66. The van der Waals surface area contributed by atoms with Gasteiger partial charge in [0.05, 0.1) is 18.5 Å². The molecule has 2 atom stereocenters. The molecule has 1 saturated heterocycles. The minimum absolute atomic E-state index is 0.0309. The molecule has 2 N–H and O–H groups in total. The van der Waals surface area contributed by atoms with E-state index in [2.05, 4.69) is 5.10 Å². The van der Waals surface area contributed by atoms with Crippen LogP contribution in [0.15, 0.2) is 30.5 Å². The number of amides is 2. The van der Waals surface area contributed by atoms with Crippen LogP contribution < -0.4 is 5.73 Å². The van der Waals surface area contributed by atoms with E-state index in [0.29, 0.717) is 12.1 Å². The number of hydrogen-bond acceptors (Lipinski definition) is 3. The van der Waals surface area contributed by atoms with E-state index in [4.69, 9.17) is 5.73 Å². The van der Waals surface area contributed by atoms with Gasteiger partial charge >= 0.3 is 0 Å². The molecule has 3 rings (SSSR count). The third-order valence-electron chi connectivity index (χ3n) is 5.01. The van der Waals surface area contributed by atoms with Crippen molar-refractivity contribution in [3.8, 4) is 0 Å². The van der Waals surface area contributed by atoms with Gasteiger partial charge in [0.25, 0.3) is 0 Å². The summed E-state index contributed by atoms with van der Waals surface area (Å²) in [7, 11) is 1.83. The first kappa shape index (κ1) is 17.1. The summed E-state index contributed by atoms with van der Waals surface area (Å²) in [6.45, 7) is 2.55. The van der Waals surface area contributed by atoms with E-state index in [-0.39, 0.29) is 24.8 Å². The molecule has 2 amide bonds. The molecule has 1 aliphatic heterocycles. The van der Waals surface area contributed by atoms with Crippen LogP contribution in [0.1, 0.15) is 22.7 Å². The zero-order valence-corrected chi connectivity index (χ0v) is 14.3. The van der Waals surface area contributed by atoms with Crippen molar-refractivity contribution in [2.45, 2.75) is 19.3 Å². The number of hydrogen-bond donors (Lipinski definition) is 1. The van der Waals surface area contributed by atoms with E-state index >= 15 is 0 Å². The van der Waals surface area contributed by atoms with Gasteiger partial charge in [0.15, 0.2) is 0 Å². The number of halogens is 1. The Balaban J connectivity index is 1.80. The molecule has 6 nitrogen and oxygen atoms in total. The highest BCUT2D eigenvalue weighted by molar-refractivity contribution is 5.83. The molecule has 0 spiro atoms. The van der Waals surface area contributed by atoms with Gasteiger partial charge in [0.2, 0.25) is 11.8 Å². The molecule has 2 heterocycles. The summed E-state index contributed by atoms with van der Waals surface area (Å²) in [5.74, 6) is -1.70. The first-order valence-electron chi connectivity index (χ1n) is 8.17. The SMILES string of the molecule is Cc1c([C@H]2CN(C(=O)Cc3ccccc3F)C[C@@H]2C(N)=O)cnn1C. The Bertz CT molecular complexity index is 817. The van der Waals surface area contributed by atoms with Crippen molar-refractivity contribution in [1.82, 2.24) is 14.7 Å². The van der Waals surface area contributed by atoms with E-state index in [0.717, 1.165) is 11.3 Å². The van der Waals surface area contributed by atoms with Gasteiger partial charge in [-0.05, 0) is 24.1 Å². The van der Waals surface area contributed by atoms with Crippen molar-refractivity contribution in [3.05, 3.63) is 53.1 Å². The molecule has 0 bridgehead atoms. The van der Waals surface area contributed by atoms with Gasteiger partial charge in [-0.2, -0.15) is 5.10 Å². The van der Waals surface area contributed by atoms with Crippen molar-refractivity contribution >= 4 is 11.8 Å². The van der Waals surface area contributed by atoms with Gasteiger partial charge in [0, 0.05) is 31.7 Å². The molecule has 1 fully saturated rings. The highest BCUT2D eigenvalue weighted by atomic mass is 19.1. The van der Waals surface area contributed by atoms with Gasteiger partial charge in [-0.25, -0.2) is 4.39 Å². The van der Waals surface area contributed by atoms with Crippen molar-refractivity contribution in [1.29, 1.82) is 0 Å². The van der Waals surface area contributed by atoms with E-state index in [1.54, 1.807) is 34.0 Å². The Labute approximate surface area is 145 Å². The molecule has 1 aromatic carbocycles. The summed E-state index contributed by atoms with van der Waals surface area (Å²) >= 11 is 0.